The van der Waals surface area contributed by atoms with Gasteiger partial charge in [-0.2, -0.15) is 0 Å². The predicted octanol–water partition coefficient (Wildman–Crippen LogP) is 5.45. The Balaban J connectivity index is 1.86. The van der Waals surface area contributed by atoms with E-state index in [1.165, 1.54) is 0 Å². The Morgan fingerprint density at radius 2 is 1.67 bits per heavy atom. The van der Waals surface area contributed by atoms with Crippen molar-refractivity contribution in [3.63, 3.8) is 0 Å². The quantitative estimate of drug-likeness (QED) is 0.473. The van der Waals surface area contributed by atoms with Crippen LogP contribution in [0.5, 0.6) is 11.5 Å². The molecule has 0 saturated heterocycles. The van der Waals surface area contributed by atoms with Crippen LogP contribution in [-0.4, -0.2) is 25.5 Å². The maximum atomic E-state index is 13.7. The maximum Gasteiger partial charge on any atom is 0.282 e. The Bertz CT molecular complexity index is 1250. The average Bonchev–Trinajstić information content (AvgIpc) is 3.04. The van der Waals surface area contributed by atoms with Crippen molar-refractivity contribution >= 4 is 40.4 Å². The fraction of sp³-hybridized carbons (Fsp3) is 0.154. The van der Waals surface area contributed by atoms with Gasteiger partial charge in [-0.3, -0.25) is 9.59 Å². The van der Waals surface area contributed by atoms with Gasteiger partial charge >= 0.3 is 0 Å². The number of carbonyl (C=O) groups excluding carboxylic acids is 2. The summed E-state index contributed by atoms with van der Waals surface area (Å²) in [5.74, 6) is 0.0628. The van der Waals surface area contributed by atoms with E-state index in [1.54, 1.807) is 55.6 Å². The van der Waals surface area contributed by atoms with Gasteiger partial charge in [0.25, 0.3) is 11.8 Å². The molecule has 2 amide bonds. The van der Waals surface area contributed by atoms with Gasteiger partial charge in [-0.1, -0.05) is 41.9 Å². The summed E-state index contributed by atoms with van der Waals surface area (Å²) in [4.78, 5) is 28.5. The fourth-order valence-electron chi connectivity index (χ4n) is 3.72. The monoisotopic (exact) mass is 462 g/mol. The van der Waals surface area contributed by atoms with Crippen LogP contribution in [0.25, 0.3) is 5.57 Å². The van der Waals surface area contributed by atoms with Gasteiger partial charge in [0.2, 0.25) is 0 Å². The Kier molecular flexibility index (Phi) is 6.38. The van der Waals surface area contributed by atoms with E-state index >= 15 is 0 Å². The third-order valence-corrected chi connectivity index (χ3v) is 5.49. The molecule has 0 radical (unpaired) electrons. The zero-order chi connectivity index (χ0) is 23.5. The van der Waals surface area contributed by atoms with Crippen LogP contribution in [0.15, 0.2) is 72.4 Å². The first-order valence-corrected chi connectivity index (χ1v) is 10.8. The summed E-state index contributed by atoms with van der Waals surface area (Å²) in [5.41, 5.74) is 2.91. The molecule has 1 N–H and O–H groups in total. The molecule has 4 rings (SSSR count). The van der Waals surface area contributed by atoms with Crippen molar-refractivity contribution in [3.05, 3.63) is 88.6 Å². The lowest BCUT2D eigenvalue weighted by molar-refractivity contribution is -0.120. The summed E-state index contributed by atoms with van der Waals surface area (Å²) in [6.45, 7) is 4.18. The molecule has 1 heterocycles. The number of imide groups is 1. The van der Waals surface area contributed by atoms with Crippen molar-refractivity contribution in [1.82, 2.24) is 0 Å². The van der Waals surface area contributed by atoms with E-state index in [4.69, 9.17) is 21.1 Å². The lowest BCUT2D eigenvalue weighted by atomic mass is 10.0. The van der Waals surface area contributed by atoms with E-state index in [0.29, 0.717) is 40.1 Å². The van der Waals surface area contributed by atoms with Crippen LogP contribution in [0.3, 0.4) is 0 Å². The van der Waals surface area contributed by atoms with Crippen LogP contribution in [-0.2, 0) is 9.59 Å². The van der Waals surface area contributed by atoms with Gasteiger partial charge in [0.05, 0.1) is 30.7 Å². The van der Waals surface area contributed by atoms with E-state index in [0.717, 1.165) is 10.5 Å². The normalized spacial score (nSPS) is 13.5. The van der Waals surface area contributed by atoms with E-state index in [2.05, 4.69) is 5.32 Å². The second-order valence-electron chi connectivity index (χ2n) is 7.43. The van der Waals surface area contributed by atoms with E-state index < -0.39 is 11.8 Å². The molecule has 1 aliphatic heterocycles. The number of nitrogens with zero attached hydrogens (tertiary/aromatic N) is 1. The number of benzene rings is 3. The third kappa shape index (κ3) is 4.30. The largest absolute Gasteiger partial charge is 0.495 e. The molecule has 1 aliphatic rings. The molecule has 7 heteroatoms. The number of nitrogens with one attached hydrogen (secondary N) is 1. The smallest absolute Gasteiger partial charge is 0.282 e. The van der Waals surface area contributed by atoms with Crippen LogP contribution in [0.2, 0.25) is 5.02 Å². The highest BCUT2D eigenvalue weighted by molar-refractivity contribution is 6.46. The highest BCUT2D eigenvalue weighted by Gasteiger charge is 2.41. The number of ether oxygens (including phenoxy) is 2. The van der Waals surface area contributed by atoms with Crippen LogP contribution < -0.4 is 19.7 Å². The highest BCUT2D eigenvalue weighted by atomic mass is 35.5. The van der Waals surface area contributed by atoms with Crippen LogP contribution in [0.1, 0.15) is 18.1 Å². The molecule has 0 fully saturated rings. The molecular weight excluding hydrogens is 440 g/mol. The van der Waals surface area contributed by atoms with Gasteiger partial charge in [0, 0.05) is 5.02 Å². The van der Waals surface area contributed by atoms with Crippen LogP contribution in [0, 0.1) is 6.92 Å². The Morgan fingerprint density at radius 3 is 2.36 bits per heavy atom. The molecule has 3 aromatic rings. The van der Waals surface area contributed by atoms with Gasteiger partial charge in [-0.05, 0) is 61.4 Å². The number of amides is 2. The molecule has 0 bridgehead atoms. The summed E-state index contributed by atoms with van der Waals surface area (Å²) < 4.78 is 11.1. The van der Waals surface area contributed by atoms with Gasteiger partial charge in [-0.25, -0.2) is 4.90 Å². The molecular formula is C26H23ClN2O4. The second-order valence-corrected chi connectivity index (χ2v) is 7.87. The van der Waals surface area contributed by atoms with Crippen molar-refractivity contribution in [2.24, 2.45) is 0 Å². The first-order chi connectivity index (χ1) is 15.9. The number of halogens is 1. The third-order valence-electron chi connectivity index (χ3n) is 5.24. The zero-order valence-corrected chi connectivity index (χ0v) is 19.3. The average molecular weight is 463 g/mol. The number of carbonyl (C=O) groups is 2. The Labute approximate surface area is 197 Å². The molecule has 6 nitrogen and oxygen atoms in total. The van der Waals surface area contributed by atoms with Gasteiger partial charge in [0.1, 0.15) is 17.2 Å². The minimum absolute atomic E-state index is 0.150. The number of hydrogen-bond acceptors (Lipinski definition) is 5. The number of para-hydroxylation sites is 2. The molecule has 0 aliphatic carbocycles. The molecule has 33 heavy (non-hydrogen) atoms. The van der Waals surface area contributed by atoms with E-state index in [-0.39, 0.29) is 11.3 Å². The van der Waals surface area contributed by atoms with Gasteiger partial charge < -0.3 is 14.8 Å². The van der Waals surface area contributed by atoms with Crippen LogP contribution >= 0.6 is 11.6 Å². The van der Waals surface area contributed by atoms with E-state index in [9.17, 15) is 9.59 Å². The van der Waals surface area contributed by atoms with Gasteiger partial charge in [-0.15, -0.1) is 0 Å². The number of aryl methyl sites for hydroxylation is 1. The molecule has 0 unspecified atom stereocenters. The first-order valence-electron chi connectivity index (χ1n) is 10.5. The summed E-state index contributed by atoms with van der Waals surface area (Å²) in [6.07, 6.45) is 0. The lowest BCUT2D eigenvalue weighted by Gasteiger charge is -2.19. The summed E-state index contributed by atoms with van der Waals surface area (Å²) in [5, 5.41) is 3.70. The van der Waals surface area contributed by atoms with Gasteiger partial charge in [0.15, 0.2) is 0 Å². The minimum Gasteiger partial charge on any atom is -0.495 e. The predicted molar refractivity (Wildman–Crippen MR) is 130 cm³/mol. The minimum atomic E-state index is -0.485. The van der Waals surface area contributed by atoms with Crippen molar-refractivity contribution < 1.29 is 19.1 Å². The molecule has 0 aromatic heterocycles. The summed E-state index contributed by atoms with van der Waals surface area (Å²) >= 11 is 6.06. The number of rotatable bonds is 7. The van der Waals surface area contributed by atoms with Crippen molar-refractivity contribution in [2.75, 3.05) is 23.9 Å². The molecule has 0 atom stereocenters. The SMILES string of the molecule is CCOc1ccccc1N1C(=O)C(Nc2cc(C)ccc2OC)=C(c2ccc(Cl)cc2)C1=O. The topological polar surface area (TPSA) is 67.9 Å². The van der Waals surface area contributed by atoms with E-state index in [1.807, 2.05) is 32.0 Å². The molecule has 168 valence electrons. The number of anilines is 2. The summed E-state index contributed by atoms with van der Waals surface area (Å²) in [7, 11) is 1.55. The Morgan fingerprint density at radius 1 is 0.939 bits per heavy atom. The first kappa shape index (κ1) is 22.4. The van der Waals surface area contributed by atoms with Crippen molar-refractivity contribution in [3.8, 4) is 11.5 Å². The lowest BCUT2D eigenvalue weighted by Crippen LogP contribution is -2.32. The number of methoxy groups -OCH3 is 1. The molecule has 3 aromatic carbocycles. The second kappa shape index (κ2) is 9.38. The number of hydrogen-bond donors (Lipinski definition) is 1. The fourth-order valence-corrected chi connectivity index (χ4v) is 3.85. The molecule has 0 saturated carbocycles. The zero-order valence-electron chi connectivity index (χ0n) is 18.5. The highest BCUT2D eigenvalue weighted by Crippen LogP contribution is 2.39. The Hall–Kier alpha value is -3.77. The van der Waals surface area contributed by atoms with Crippen molar-refractivity contribution in [2.45, 2.75) is 13.8 Å². The van der Waals surface area contributed by atoms with Crippen molar-refractivity contribution in [1.29, 1.82) is 0 Å². The molecule has 0 spiro atoms. The van der Waals surface area contributed by atoms with Crippen LogP contribution in [0.4, 0.5) is 11.4 Å². The standard InChI is InChI=1S/C26H23ClN2O4/c1-4-33-22-8-6-5-7-20(22)29-25(30)23(17-10-12-18(27)13-11-17)24(26(29)31)28-19-15-16(2)9-14-21(19)32-3/h5-15,28H,4H2,1-3H3. The summed E-state index contributed by atoms with van der Waals surface area (Å²) in [6, 6.07) is 19.4. The maximum absolute atomic E-state index is 13.7.